The number of amides is 1. The van der Waals surface area contributed by atoms with Crippen molar-refractivity contribution < 1.29 is 19.0 Å². The van der Waals surface area contributed by atoms with E-state index in [0.717, 1.165) is 22.7 Å². The van der Waals surface area contributed by atoms with E-state index in [1.165, 1.54) is 0 Å². The van der Waals surface area contributed by atoms with Crippen molar-refractivity contribution in [2.45, 2.75) is 0 Å². The predicted octanol–water partition coefficient (Wildman–Crippen LogP) is 5.39. The number of fused-ring (bicyclic) bond motifs is 1. The summed E-state index contributed by atoms with van der Waals surface area (Å²) in [5.74, 6) is 1.38. The zero-order valence-electron chi connectivity index (χ0n) is 19.2. The molecule has 0 unspecified atom stereocenters. The summed E-state index contributed by atoms with van der Waals surface area (Å²) in [6.45, 7) is 0.953. The Bertz CT molecular complexity index is 1320. The molecule has 2 N–H and O–H groups in total. The van der Waals surface area contributed by atoms with Crippen LogP contribution in [0.25, 0.3) is 16.9 Å². The molecule has 4 rings (SSSR count). The average Bonchev–Trinajstić information content (AvgIpc) is 3.21. The van der Waals surface area contributed by atoms with Crippen LogP contribution < -0.4 is 20.1 Å². The first-order chi connectivity index (χ1) is 17.0. The Hall–Kier alpha value is -3.46. The third-order valence-electron chi connectivity index (χ3n) is 5.07. The van der Waals surface area contributed by atoms with Gasteiger partial charge in [-0.3, -0.25) is 9.20 Å². The van der Waals surface area contributed by atoms with Gasteiger partial charge in [-0.2, -0.15) is 0 Å². The van der Waals surface area contributed by atoms with Crippen molar-refractivity contribution in [3.8, 4) is 22.8 Å². The van der Waals surface area contributed by atoms with Crippen LogP contribution in [0.15, 0.2) is 60.8 Å². The lowest BCUT2D eigenvalue weighted by Gasteiger charge is -2.13. The molecular weight excluding hydrogens is 491 g/mol. The molecule has 0 aliphatic rings. The number of carbonyl (C=O) groups is 1. The molecule has 0 radical (unpaired) electrons. The number of hydrogen-bond acceptors (Lipinski definition) is 6. The number of anilines is 2. The normalized spacial score (nSPS) is 10.9. The molecular formula is C25H24Cl2N4O4. The number of imidazole rings is 1. The molecule has 182 valence electrons. The van der Waals surface area contributed by atoms with Crippen LogP contribution in [0.1, 0.15) is 0 Å². The number of ether oxygens (including phenoxy) is 3. The third-order valence-corrected chi connectivity index (χ3v) is 5.51. The van der Waals surface area contributed by atoms with E-state index in [4.69, 9.17) is 42.4 Å². The number of aromatic nitrogens is 2. The Labute approximate surface area is 212 Å². The molecule has 2 heterocycles. The summed E-state index contributed by atoms with van der Waals surface area (Å²) in [6, 6.07) is 16.1. The Morgan fingerprint density at radius 1 is 1.03 bits per heavy atom. The molecule has 4 aromatic rings. The maximum absolute atomic E-state index is 12.4. The van der Waals surface area contributed by atoms with Crippen molar-refractivity contribution >= 4 is 46.3 Å². The highest BCUT2D eigenvalue weighted by molar-refractivity contribution is 6.35. The number of benzene rings is 2. The molecule has 0 bridgehead atoms. The summed E-state index contributed by atoms with van der Waals surface area (Å²) in [4.78, 5) is 17.2. The molecule has 0 spiro atoms. The smallest absolute Gasteiger partial charge is 0.262 e. The van der Waals surface area contributed by atoms with E-state index < -0.39 is 0 Å². The fraction of sp³-hybridized carbons (Fsp3) is 0.200. The summed E-state index contributed by atoms with van der Waals surface area (Å²) in [7, 11) is 3.20. The maximum atomic E-state index is 12.4. The van der Waals surface area contributed by atoms with Gasteiger partial charge in [0.15, 0.2) is 18.1 Å². The highest BCUT2D eigenvalue weighted by Crippen LogP contribution is 2.35. The second-order valence-corrected chi connectivity index (χ2v) is 8.39. The molecule has 0 aliphatic carbocycles. The topological polar surface area (TPSA) is 86.1 Å². The SMILES string of the molecule is COCCNc1c(-c2ccc(OCC(=O)Nc3cc(Cl)cc(Cl)c3)c(OC)c2)nc2ccccn12. The zero-order valence-corrected chi connectivity index (χ0v) is 20.7. The van der Waals surface area contributed by atoms with E-state index in [2.05, 4.69) is 10.6 Å². The van der Waals surface area contributed by atoms with Gasteiger partial charge in [0.2, 0.25) is 0 Å². The Kier molecular flexibility index (Phi) is 7.97. The van der Waals surface area contributed by atoms with Gasteiger partial charge >= 0.3 is 0 Å². The minimum atomic E-state index is -0.362. The summed E-state index contributed by atoms with van der Waals surface area (Å²) in [6.07, 6.45) is 1.95. The lowest BCUT2D eigenvalue weighted by molar-refractivity contribution is -0.118. The number of nitrogens with one attached hydrogen (secondary N) is 2. The number of hydrogen-bond donors (Lipinski definition) is 2. The van der Waals surface area contributed by atoms with Gasteiger partial charge in [-0.25, -0.2) is 4.98 Å². The maximum Gasteiger partial charge on any atom is 0.262 e. The minimum Gasteiger partial charge on any atom is -0.493 e. The Balaban J connectivity index is 1.53. The Morgan fingerprint density at radius 2 is 1.83 bits per heavy atom. The molecule has 0 saturated heterocycles. The van der Waals surface area contributed by atoms with Crippen LogP contribution in [0, 0.1) is 0 Å². The van der Waals surface area contributed by atoms with Crippen LogP contribution in [-0.2, 0) is 9.53 Å². The molecule has 2 aromatic carbocycles. The first-order valence-electron chi connectivity index (χ1n) is 10.8. The number of nitrogens with zero attached hydrogens (tertiary/aromatic N) is 2. The quantitative estimate of drug-likeness (QED) is 0.276. The Morgan fingerprint density at radius 3 is 2.57 bits per heavy atom. The van der Waals surface area contributed by atoms with E-state index in [-0.39, 0.29) is 12.5 Å². The van der Waals surface area contributed by atoms with Crippen LogP contribution in [0.5, 0.6) is 11.5 Å². The first kappa shape index (κ1) is 24.7. The van der Waals surface area contributed by atoms with Crippen LogP contribution in [0.2, 0.25) is 10.0 Å². The van der Waals surface area contributed by atoms with Crippen LogP contribution >= 0.6 is 23.2 Å². The number of halogens is 2. The first-order valence-corrected chi connectivity index (χ1v) is 11.5. The van der Waals surface area contributed by atoms with Crippen LogP contribution in [0.3, 0.4) is 0 Å². The molecule has 10 heteroatoms. The highest BCUT2D eigenvalue weighted by Gasteiger charge is 2.17. The second kappa shape index (κ2) is 11.3. The lowest BCUT2D eigenvalue weighted by Crippen LogP contribution is -2.20. The highest BCUT2D eigenvalue weighted by atomic mass is 35.5. The molecule has 35 heavy (non-hydrogen) atoms. The summed E-state index contributed by atoms with van der Waals surface area (Å²) in [5, 5.41) is 6.95. The van der Waals surface area contributed by atoms with Gasteiger partial charge in [0.25, 0.3) is 5.91 Å². The molecule has 0 saturated carbocycles. The van der Waals surface area contributed by atoms with E-state index in [1.807, 2.05) is 40.9 Å². The van der Waals surface area contributed by atoms with Gasteiger partial charge in [0.1, 0.15) is 17.2 Å². The number of rotatable bonds is 10. The van der Waals surface area contributed by atoms with Crippen molar-refractivity contribution in [2.24, 2.45) is 0 Å². The van der Waals surface area contributed by atoms with E-state index in [1.54, 1.807) is 38.5 Å². The van der Waals surface area contributed by atoms with E-state index in [9.17, 15) is 4.79 Å². The summed E-state index contributed by atoms with van der Waals surface area (Å²) in [5.41, 5.74) is 2.88. The van der Waals surface area contributed by atoms with E-state index in [0.29, 0.717) is 40.4 Å². The van der Waals surface area contributed by atoms with Crippen LogP contribution in [-0.4, -0.2) is 49.3 Å². The van der Waals surface area contributed by atoms with Gasteiger partial charge in [-0.1, -0.05) is 29.3 Å². The summed E-state index contributed by atoms with van der Waals surface area (Å²) < 4.78 is 18.4. The van der Waals surface area contributed by atoms with Gasteiger partial charge in [0, 0.05) is 41.1 Å². The average molecular weight is 515 g/mol. The third kappa shape index (κ3) is 5.97. The van der Waals surface area contributed by atoms with Crippen LogP contribution in [0.4, 0.5) is 11.5 Å². The number of methoxy groups -OCH3 is 2. The van der Waals surface area contributed by atoms with E-state index >= 15 is 0 Å². The number of pyridine rings is 1. The molecule has 8 nitrogen and oxygen atoms in total. The van der Waals surface area contributed by atoms with Crippen molar-refractivity contribution in [3.63, 3.8) is 0 Å². The molecule has 2 aromatic heterocycles. The monoisotopic (exact) mass is 514 g/mol. The fourth-order valence-electron chi connectivity index (χ4n) is 3.54. The predicted molar refractivity (Wildman–Crippen MR) is 138 cm³/mol. The largest absolute Gasteiger partial charge is 0.493 e. The van der Waals surface area contributed by atoms with Crippen molar-refractivity contribution in [1.29, 1.82) is 0 Å². The molecule has 0 fully saturated rings. The lowest BCUT2D eigenvalue weighted by atomic mass is 10.1. The zero-order chi connectivity index (χ0) is 24.8. The fourth-order valence-corrected chi connectivity index (χ4v) is 4.06. The van der Waals surface area contributed by atoms with Crippen molar-refractivity contribution in [2.75, 3.05) is 44.6 Å². The van der Waals surface area contributed by atoms with Gasteiger partial charge in [-0.05, 0) is 48.5 Å². The van der Waals surface area contributed by atoms with Crippen molar-refractivity contribution in [3.05, 3.63) is 70.8 Å². The second-order valence-electron chi connectivity index (χ2n) is 7.52. The minimum absolute atomic E-state index is 0.224. The molecule has 1 amide bonds. The standard InChI is InChI=1S/C25H24Cl2N4O4/c1-33-10-8-28-25-24(30-22-5-3-4-9-31(22)25)16-6-7-20(21(11-16)34-2)35-15-23(32)29-19-13-17(26)12-18(27)14-19/h3-7,9,11-14,28H,8,10,15H2,1-2H3,(H,29,32). The number of carbonyl (C=O) groups excluding carboxylic acids is 1. The molecule has 0 atom stereocenters. The summed E-state index contributed by atoms with van der Waals surface area (Å²) >= 11 is 12.0. The molecule has 0 aliphatic heterocycles. The van der Waals surface area contributed by atoms with Gasteiger partial charge < -0.3 is 24.8 Å². The van der Waals surface area contributed by atoms with Crippen molar-refractivity contribution in [1.82, 2.24) is 9.38 Å². The van der Waals surface area contributed by atoms with Gasteiger partial charge in [0.05, 0.1) is 13.7 Å². The van der Waals surface area contributed by atoms with Gasteiger partial charge in [-0.15, -0.1) is 0 Å².